The molecule has 1 fully saturated rings. The van der Waals surface area contributed by atoms with Crippen LogP contribution < -0.4 is 5.32 Å². The van der Waals surface area contributed by atoms with Crippen LogP contribution >= 0.6 is 0 Å². The van der Waals surface area contributed by atoms with Crippen molar-refractivity contribution >= 4 is 5.97 Å². The number of aliphatic carboxylic acids is 1. The van der Waals surface area contributed by atoms with Crippen molar-refractivity contribution in [1.82, 2.24) is 10.2 Å². The third-order valence-electron chi connectivity index (χ3n) is 3.05. The van der Waals surface area contributed by atoms with Gasteiger partial charge in [0.05, 0.1) is 6.54 Å². The second-order valence-corrected chi connectivity index (χ2v) is 4.69. The summed E-state index contributed by atoms with van der Waals surface area (Å²) in [5.74, 6) is -0.775. The van der Waals surface area contributed by atoms with Gasteiger partial charge in [-0.05, 0) is 26.3 Å². The molecule has 0 radical (unpaired) electrons. The molecule has 0 amide bonds. The van der Waals surface area contributed by atoms with Crippen LogP contribution in [0.2, 0.25) is 0 Å². The van der Waals surface area contributed by atoms with Gasteiger partial charge in [0, 0.05) is 18.6 Å². The number of rotatable bonds is 6. The Balaban J connectivity index is 2.29. The van der Waals surface area contributed by atoms with Crippen LogP contribution in [-0.2, 0) is 4.79 Å². The number of carboxylic acids is 1. The molecule has 4 heteroatoms. The smallest absolute Gasteiger partial charge is 0.317 e. The molecular formula is C11H22N2O2. The van der Waals surface area contributed by atoms with E-state index in [-0.39, 0.29) is 12.1 Å². The maximum Gasteiger partial charge on any atom is 0.317 e. The highest BCUT2D eigenvalue weighted by molar-refractivity contribution is 5.69. The zero-order chi connectivity index (χ0) is 11.3. The van der Waals surface area contributed by atoms with Gasteiger partial charge in [-0.15, -0.1) is 0 Å². The van der Waals surface area contributed by atoms with E-state index < -0.39 is 5.97 Å². The van der Waals surface area contributed by atoms with Gasteiger partial charge in [-0.25, -0.2) is 0 Å². The van der Waals surface area contributed by atoms with Crippen LogP contribution in [0.15, 0.2) is 0 Å². The summed E-state index contributed by atoms with van der Waals surface area (Å²) in [6.07, 6.45) is 3.49. The zero-order valence-electron chi connectivity index (χ0n) is 9.75. The predicted octanol–water partition coefficient (Wildman–Crippen LogP) is 0.925. The molecule has 0 aliphatic carbocycles. The van der Waals surface area contributed by atoms with Gasteiger partial charge in [-0.3, -0.25) is 4.79 Å². The monoisotopic (exact) mass is 214 g/mol. The molecule has 1 rings (SSSR count). The van der Waals surface area contributed by atoms with Gasteiger partial charge >= 0.3 is 5.97 Å². The minimum Gasteiger partial charge on any atom is -0.480 e. The van der Waals surface area contributed by atoms with Gasteiger partial charge < -0.3 is 15.3 Å². The van der Waals surface area contributed by atoms with Gasteiger partial charge in [0.25, 0.3) is 0 Å². The molecule has 1 aliphatic rings. The Labute approximate surface area is 91.6 Å². The maximum atomic E-state index is 10.5. The van der Waals surface area contributed by atoms with E-state index in [0.717, 1.165) is 26.1 Å². The summed E-state index contributed by atoms with van der Waals surface area (Å²) in [6.45, 7) is 7.57. The van der Waals surface area contributed by atoms with E-state index in [9.17, 15) is 4.79 Å². The molecule has 4 nitrogen and oxygen atoms in total. The highest BCUT2D eigenvalue weighted by Gasteiger charge is 2.33. The number of nitrogens with one attached hydrogen (secondary N) is 1. The van der Waals surface area contributed by atoms with Gasteiger partial charge in [-0.2, -0.15) is 0 Å². The van der Waals surface area contributed by atoms with Gasteiger partial charge in [0.1, 0.15) is 0 Å². The van der Waals surface area contributed by atoms with E-state index in [1.807, 2.05) is 0 Å². The van der Waals surface area contributed by atoms with Crippen LogP contribution in [0.5, 0.6) is 0 Å². The lowest BCUT2D eigenvalue weighted by atomic mass is 10.0. The van der Waals surface area contributed by atoms with Crippen LogP contribution in [0.4, 0.5) is 0 Å². The highest BCUT2D eigenvalue weighted by atomic mass is 16.4. The molecule has 15 heavy (non-hydrogen) atoms. The van der Waals surface area contributed by atoms with E-state index in [4.69, 9.17) is 5.11 Å². The number of hydrogen-bond acceptors (Lipinski definition) is 3. The lowest BCUT2D eigenvalue weighted by molar-refractivity contribution is -0.136. The first-order valence-corrected chi connectivity index (χ1v) is 5.75. The van der Waals surface area contributed by atoms with Crippen molar-refractivity contribution in [3.8, 4) is 0 Å². The molecule has 1 atom stereocenters. The van der Waals surface area contributed by atoms with Crippen LogP contribution in [0.3, 0.4) is 0 Å². The molecule has 0 aromatic carbocycles. The topological polar surface area (TPSA) is 52.6 Å². The maximum absolute atomic E-state index is 10.5. The average molecular weight is 214 g/mol. The van der Waals surface area contributed by atoms with Crippen molar-refractivity contribution in [3.63, 3.8) is 0 Å². The SMILES string of the molecule is CCCCN1CCC(C)(NCC(=O)O)C1. The molecule has 0 spiro atoms. The fourth-order valence-corrected chi connectivity index (χ4v) is 2.06. The number of unbranched alkanes of at least 4 members (excludes halogenated alkanes) is 1. The van der Waals surface area contributed by atoms with Gasteiger partial charge in [0.2, 0.25) is 0 Å². The Hall–Kier alpha value is -0.610. The van der Waals surface area contributed by atoms with Crippen LogP contribution in [0.1, 0.15) is 33.1 Å². The Bertz CT molecular complexity index is 221. The lowest BCUT2D eigenvalue weighted by Crippen LogP contribution is -2.46. The largest absolute Gasteiger partial charge is 0.480 e. The first-order valence-electron chi connectivity index (χ1n) is 5.75. The van der Waals surface area contributed by atoms with E-state index in [2.05, 4.69) is 24.1 Å². The molecular weight excluding hydrogens is 192 g/mol. The van der Waals surface area contributed by atoms with Crippen molar-refractivity contribution in [2.45, 2.75) is 38.6 Å². The lowest BCUT2D eigenvalue weighted by Gasteiger charge is -2.25. The van der Waals surface area contributed by atoms with Crippen molar-refractivity contribution < 1.29 is 9.90 Å². The third kappa shape index (κ3) is 4.18. The molecule has 0 bridgehead atoms. The normalized spacial score (nSPS) is 27.1. The van der Waals surface area contributed by atoms with E-state index in [0.29, 0.717) is 0 Å². The van der Waals surface area contributed by atoms with E-state index in [1.165, 1.54) is 12.8 Å². The van der Waals surface area contributed by atoms with Crippen molar-refractivity contribution in [2.24, 2.45) is 0 Å². The van der Waals surface area contributed by atoms with Crippen LogP contribution in [0.25, 0.3) is 0 Å². The van der Waals surface area contributed by atoms with E-state index in [1.54, 1.807) is 0 Å². The minimum absolute atomic E-state index is 0.00781. The molecule has 1 saturated heterocycles. The molecule has 1 heterocycles. The molecule has 0 aromatic rings. The summed E-state index contributed by atoms with van der Waals surface area (Å²) in [5.41, 5.74) is -0.00781. The minimum atomic E-state index is -0.775. The van der Waals surface area contributed by atoms with Crippen molar-refractivity contribution in [3.05, 3.63) is 0 Å². The Kier molecular flexibility index (Phi) is 4.54. The molecule has 0 aromatic heterocycles. The summed E-state index contributed by atoms with van der Waals surface area (Å²) in [7, 11) is 0. The Morgan fingerprint density at radius 1 is 1.60 bits per heavy atom. The fraction of sp³-hybridized carbons (Fsp3) is 0.909. The average Bonchev–Trinajstić information content (AvgIpc) is 2.55. The van der Waals surface area contributed by atoms with Crippen molar-refractivity contribution in [1.29, 1.82) is 0 Å². The number of nitrogens with zero attached hydrogens (tertiary/aromatic N) is 1. The fourth-order valence-electron chi connectivity index (χ4n) is 2.06. The molecule has 1 aliphatic heterocycles. The summed E-state index contributed by atoms with van der Waals surface area (Å²) >= 11 is 0. The molecule has 0 saturated carbocycles. The summed E-state index contributed by atoms with van der Waals surface area (Å²) in [5, 5.41) is 11.7. The van der Waals surface area contributed by atoms with Crippen molar-refractivity contribution in [2.75, 3.05) is 26.2 Å². The highest BCUT2D eigenvalue weighted by Crippen LogP contribution is 2.20. The first kappa shape index (κ1) is 12.5. The number of likely N-dealkylation sites (tertiary alicyclic amines) is 1. The number of carbonyl (C=O) groups is 1. The summed E-state index contributed by atoms with van der Waals surface area (Å²) in [4.78, 5) is 12.9. The summed E-state index contributed by atoms with van der Waals surface area (Å²) < 4.78 is 0. The first-order chi connectivity index (χ1) is 7.06. The van der Waals surface area contributed by atoms with Crippen LogP contribution in [0, 0.1) is 0 Å². The van der Waals surface area contributed by atoms with E-state index >= 15 is 0 Å². The summed E-state index contributed by atoms with van der Waals surface area (Å²) in [6, 6.07) is 0. The second-order valence-electron chi connectivity index (χ2n) is 4.69. The molecule has 2 N–H and O–H groups in total. The standard InChI is InChI=1S/C11H22N2O2/c1-3-4-6-13-7-5-11(2,9-13)12-8-10(14)15/h12H,3-9H2,1-2H3,(H,14,15). The van der Waals surface area contributed by atoms with Gasteiger partial charge in [-0.1, -0.05) is 13.3 Å². The number of hydrogen-bond donors (Lipinski definition) is 2. The molecule has 88 valence electrons. The Morgan fingerprint density at radius 2 is 2.33 bits per heavy atom. The third-order valence-corrected chi connectivity index (χ3v) is 3.05. The zero-order valence-corrected chi connectivity index (χ0v) is 9.75. The van der Waals surface area contributed by atoms with Crippen LogP contribution in [-0.4, -0.2) is 47.7 Å². The van der Waals surface area contributed by atoms with Gasteiger partial charge in [0.15, 0.2) is 0 Å². The predicted molar refractivity (Wildman–Crippen MR) is 60.0 cm³/mol. The second kappa shape index (κ2) is 5.47. The quantitative estimate of drug-likeness (QED) is 0.690. The molecule has 1 unspecified atom stereocenters. The Morgan fingerprint density at radius 3 is 2.93 bits per heavy atom. The number of carboxylic acid groups (broad SMARTS) is 1.